The fraction of sp³-hybridized carbons (Fsp3) is 0.385. The van der Waals surface area contributed by atoms with Crippen LogP contribution in [0.15, 0.2) is 42.1 Å². The molecule has 0 spiro atoms. The first kappa shape index (κ1) is 24.0. The molecule has 170 valence electrons. The van der Waals surface area contributed by atoms with Gasteiger partial charge in [-0.25, -0.2) is 0 Å². The molecule has 0 bridgehead atoms. The maximum Gasteiger partial charge on any atom is 0.278 e. The van der Waals surface area contributed by atoms with Crippen molar-refractivity contribution in [2.24, 2.45) is 0 Å². The van der Waals surface area contributed by atoms with E-state index in [1.54, 1.807) is 12.1 Å². The second-order valence-electron chi connectivity index (χ2n) is 8.23. The van der Waals surface area contributed by atoms with Crippen LogP contribution in [0.25, 0.3) is 5.57 Å². The zero-order valence-corrected chi connectivity index (χ0v) is 20.0. The molecule has 6 heteroatoms. The van der Waals surface area contributed by atoms with Crippen molar-refractivity contribution in [1.29, 1.82) is 0 Å². The Hall–Kier alpha value is -2.63. The van der Waals surface area contributed by atoms with Crippen molar-refractivity contribution in [3.63, 3.8) is 0 Å². The molecule has 1 aliphatic rings. The van der Waals surface area contributed by atoms with Gasteiger partial charge in [-0.05, 0) is 62.4 Å². The Balaban J connectivity index is 1.91. The summed E-state index contributed by atoms with van der Waals surface area (Å²) in [5.41, 5.74) is 5.15. The van der Waals surface area contributed by atoms with Crippen LogP contribution in [0.3, 0.4) is 0 Å². The van der Waals surface area contributed by atoms with Gasteiger partial charge in [0.05, 0.1) is 5.57 Å². The van der Waals surface area contributed by atoms with Gasteiger partial charge in [-0.15, -0.1) is 0 Å². The largest absolute Gasteiger partial charge is 0.381 e. The predicted octanol–water partition coefficient (Wildman–Crippen LogP) is 5.66. The first-order valence-electron chi connectivity index (χ1n) is 11.1. The molecule has 2 aromatic carbocycles. The average Bonchev–Trinajstić information content (AvgIpc) is 2.97. The molecule has 1 heterocycles. The fourth-order valence-electron chi connectivity index (χ4n) is 3.78. The van der Waals surface area contributed by atoms with Gasteiger partial charge in [-0.2, -0.15) is 0 Å². The Morgan fingerprint density at radius 1 is 0.938 bits per heavy atom. The summed E-state index contributed by atoms with van der Waals surface area (Å²) >= 11 is 6.18. The molecule has 0 aliphatic carbocycles. The van der Waals surface area contributed by atoms with Crippen LogP contribution in [0.2, 0.25) is 5.02 Å². The van der Waals surface area contributed by atoms with E-state index in [1.807, 2.05) is 45.0 Å². The molecule has 0 saturated heterocycles. The summed E-state index contributed by atoms with van der Waals surface area (Å²) < 4.78 is 5.61. The lowest BCUT2D eigenvalue weighted by Crippen LogP contribution is -2.34. The number of hydrogen-bond acceptors (Lipinski definition) is 4. The molecule has 0 atom stereocenters. The molecule has 0 unspecified atom stereocenters. The first-order valence-corrected chi connectivity index (χ1v) is 11.5. The first-order chi connectivity index (χ1) is 15.3. The van der Waals surface area contributed by atoms with Gasteiger partial charge in [0.25, 0.3) is 11.8 Å². The molecule has 1 N–H and O–H groups in total. The van der Waals surface area contributed by atoms with E-state index in [0.717, 1.165) is 35.1 Å². The van der Waals surface area contributed by atoms with E-state index in [9.17, 15) is 9.59 Å². The molecule has 2 aromatic rings. The number of hydrogen-bond donors (Lipinski definition) is 1. The Bertz CT molecular complexity index is 1050. The zero-order chi connectivity index (χ0) is 23.3. The zero-order valence-electron chi connectivity index (χ0n) is 19.3. The molecule has 0 aromatic heterocycles. The topological polar surface area (TPSA) is 58.6 Å². The Morgan fingerprint density at radius 3 is 2.41 bits per heavy atom. The van der Waals surface area contributed by atoms with Crippen molar-refractivity contribution in [3.05, 3.63) is 69.4 Å². The average molecular weight is 455 g/mol. The van der Waals surface area contributed by atoms with E-state index in [0.29, 0.717) is 48.2 Å². The highest BCUT2D eigenvalue weighted by molar-refractivity contribution is 6.37. The number of rotatable bonds is 10. The van der Waals surface area contributed by atoms with Gasteiger partial charge in [0.15, 0.2) is 0 Å². The third kappa shape index (κ3) is 5.40. The fourth-order valence-corrected chi connectivity index (χ4v) is 3.95. The highest BCUT2D eigenvalue weighted by Gasteiger charge is 2.39. The van der Waals surface area contributed by atoms with Crippen molar-refractivity contribution < 1.29 is 14.3 Å². The number of anilines is 1. The molecule has 0 saturated carbocycles. The van der Waals surface area contributed by atoms with Gasteiger partial charge < -0.3 is 10.1 Å². The lowest BCUT2D eigenvalue weighted by Gasteiger charge is -2.16. The number of aryl methyl sites for hydroxylation is 3. The lowest BCUT2D eigenvalue weighted by atomic mass is 9.97. The van der Waals surface area contributed by atoms with Gasteiger partial charge in [-0.3, -0.25) is 14.5 Å². The Morgan fingerprint density at radius 2 is 1.69 bits per heavy atom. The van der Waals surface area contributed by atoms with Crippen LogP contribution in [-0.2, 0) is 14.3 Å². The molecule has 1 aliphatic heterocycles. The molecular weight excluding hydrogens is 424 g/mol. The number of halogens is 1. The third-order valence-corrected chi connectivity index (χ3v) is 5.83. The van der Waals surface area contributed by atoms with E-state index in [4.69, 9.17) is 16.3 Å². The SMILES string of the molecule is CCCCOCCCN1C(=O)C(Nc2cc(Cl)ccc2C)=C(c2ccc(C)cc2C)C1=O. The minimum absolute atomic E-state index is 0.280. The normalized spacial score (nSPS) is 14.0. The predicted molar refractivity (Wildman–Crippen MR) is 130 cm³/mol. The van der Waals surface area contributed by atoms with Gasteiger partial charge in [0.2, 0.25) is 0 Å². The maximum atomic E-state index is 13.4. The maximum absolute atomic E-state index is 13.4. The van der Waals surface area contributed by atoms with Crippen LogP contribution < -0.4 is 5.32 Å². The second kappa shape index (κ2) is 10.8. The summed E-state index contributed by atoms with van der Waals surface area (Å²) in [7, 11) is 0. The highest BCUT2D eigenvalue weighted by atomic mass is 35.5. The summed E-state index contributed by atoms with van der Waals surface area (Å²) in [5, 5.41) is 3.78. The summed E-state index contributed by atoms with van der Waals surface area (Å²) in [4.78, 5) is 28.1. The number of imide groups is 1. The van der Waals surface area contributed by atoms with Gasteiger partial charge in [-0.1, -0.05) is 54.8 Å². The molecule has 2 amide bonds. The summed E-state index contributed by atoms with van der Waals surface area (Å²) in [6, 6.07) is 11.3. The number of amides is 2. The quantitative estimate of drug-likeness (QED) is 0.371. The highest BCUT2D eigenvalue weighted by Crippen LogP contribution is 2.33. The minimum Gasteiger partial charge on any atom is -0.381 e. The van der Waals surface area contributed by atoms with Crippen molar-refractivity contribution in [2.45, 2.75) is 47.0 Å². The standard InChI is InChI=1S/C26H31ClN2O3/c1-5-6-13-32-14-7-12-29-25(30)23(21-11-8-17(2)15-19(21)4)24(26(29)31)28-22-16-20(27)10-9-18(22)3/h8-11,15-16,28H,5-7,12-14H2,1-4H3. The Labute approximate surface area is 195 Å². The van der Waals surface area contributed by atoms with Crippen molar-refractivity contribution >= 4 is 34.7 Å². The number of unbranched alkanes of at least 4 members (excludes halogenated alkanes) is 1. The summed E-state index contributed by atoms with van der Waals surface area (Å²) in [6.07, 6.45) is 2.68. The number of carbonyl (C=O) groups excluding carboxylic acids is 2. The van der Waals surface area contributed by atoms with Gasteiger partial charge >= 0.3 is 0 Å². The van der Waals surface area contributed by atoms with E-state index in [-0.39, 0.29) is 11.8 Å². The number of nitrogens with one attached hydrogen (secondary N) is 1. The van der Waals surface area contributed by atoms with Crippen LogP contribution in [-0.4, -0.2) is 36.5 Å². The van der Waals surface area contributed by atoms with E-state index in [2.05, 4.69) is 12.2 Å². The molecule has 5 nitrogen and oxygen atoms in total. The molecular formula is C26H31ClN2O3. The number of benzene rings is 2. The number of nitrogens with zero attached hydrogens (tertiary/aromatic N) is 1. The van der Waals surface area contributed by atoms with Crippen LogP contribution >= 0.6 is 11.6 Å². The number of ether oxygens (including phenoxy) is 1. The van der Waals surface area contributed by atoms with E-state index >= 15 is 0 Å². The number of carbonyl (C=O) groups is 2. The van der Waals surface area contributed by atoms with Crippen LogP contribution in [0.4, 0.5) is 5.69 Å². The third-order valence-electron chi connectivity index (χ3n) is 5.59. The van der Waals surface area contributed by atoms with Gasteiger partial charge in [0, 0.05) is 30.5 Å². The smallest absolute Gasteiger partial charge is 0.278 e. The minimum atomic E-state index is -0.321. The van der Waals surface area contributed by atoms with E-state index < -0.39 is 0 Å². The molecule has 0 fully saturated rings. The summed E-state index contributed by atoms with van der Waals surface area (Å²) in [5.74, 6) is -0.601. The molecule has 0 radical (unpaired) electrons. The van der Waals surface area contributed by atoms with Crippen molar-refractivity contribution in [3.8, 4) is 0 Å². The summed E-state index contributed by atoms with van der Waals surface area (Å²) in [6.45, 7) is 9.55. The lowest BCUT2D eigenvalue weighted by molar-refractivity contribution is -0.137. The van der Waals surface area contributed by atoms with Crippen molar-refractivity contribution in [1.82, 2.24) is 4.90 Å². The Kier molecular flexibility index (Phi) is 8.10. The van der Waals surface area contributed by atoms with Gasteiger partial charge in [0.1, 0.15) is 5.70 Å². The van der Waals surface area contributed by atoms with Crippen LogP contribution in [0, 0.1) is 20.8 Å². The molecule has 3 rings (SSSR count). The molecule has 32 heavy (non-hydrogen) atoms. The van der Waals surface area contributed by atoms with Crippen LogP contribution in [0.5, 0.6) is 0 Å². The second-order valence-corrected chi connectivity index (χ2v) is 8.67. The monoisotopic (exact) mass is 454 g/mol. The van der Waals surface area contributed by atoms with Crippen LogP contribution in [0.1, 0.15) is 48.4 Å². The van der Waals surface area contributed by atoms with E-state index in [1.165, 1.54) is 4.90 Å². The van der Waals surface area contributed by atoms with Crippen molar-refractivity contribution in [2.75, 3.05) is 25.1 Å².